The number of allylic oxidation sites excluding steroid dienone is 6. The fourth-order valence-electron chi connectivity index (χ4n) is 1.40. The highest BCUT2D eigenvalue weighted by atomic mass is 16.4. The Morgan fingerprint density at radius 2 is 2.14 bits per heavy atom. The van der Waals surface area contributed by atoms with E-state index in [4.69, 9.17) is 9.52 Å². The summed E-state index contributed by atoms with van der Waals surface area (Å²) in [6, 6.07) is 3.69. The van der Waals surface area contributed by atoms with E-state index in [1.807, 2.05) is 30.4 Å². The fourth-order valence-corrected chi connectivity index (χ4v) is 1.40. The van der Waals surface area contributed by atoms with Gasteiger partial charge in [-0.15, -0.1) is 0 Å². The molecule has 0 saturated heterocycles. The molecule has 1 aromatic heterocycles. The van der Waals surface area contributed by atoms with Crippen LogP contribution in [0.15, 0.2) is 46.9 Å². The van der Waals surface area contributed by atoms with E-state index in [9.17, 15) is 0 Å². The average Bonchev–Trinajstić information content (AvgIpc) is 2.53. The Bertz CT molecular complexity index is 394. The summed E-state index contributed by atoms with van der Waals surface area (Å²) in [5, 5.41) is 8.86. The molecule has 14 heavy (non-hydrogen) atoms. The molecule has 2 heteroatoms. The topological polar surface area (TPSA) is 33.4 Å². The Balaban J connectivity index is 2.26. The molecular weight excluding hydrogens is 176 g/mol. The molecule has 1 aromatic rings. The van der Waals surface area contributed by atoms with Crippen molar-refractivity contribution in [3.05, 3.63) is 54.0 Å². The van der Waals surface area contributed by atoms with Crippen molar-refractivity contribution in [3.63, 3.8) is 0 Å². The van der Waals surface area contributed by atoms with Crippen molar-refractivity contribution in [2.24, 2.45) is 0 Å². The van der Waals surface area contributed by atoms with Gasteiger partial charge in [0.25, 0.3) is 0 Å². The summed E-state index contributed by atoms with van der Waals surface area (Å²) >= 11 is 0. The Morgan fingerprint density at radius 1 is 1.21 bits per heavy atom. The van der Waals surface area contributed by atoms with E-state index in [1.165, 1.54) is 0 Å². The molecule has 0 spiro atoms. The Labute approximate surface area is 82.9 Å². The maximum atomic E-state index is 8.86. The quantitative estimate of drug-likeness (QED) is 0.774. The first-order chi connectivity index (χ1) is 6.90. The van der Waals surface area contributed by atoms with Gasteiger partial charge < -0.3 is 9.52 Å². The third-order valence-electron chi connectivity index (χ3n) is 2.13. The predicted octanol–water partition coefficient (Wildman–Crippen LogP) is 2.67. The van der Waals surface area contributed by atoms with Gasteiger partial charge in [-0.2, -0.15) is 0 Å². The van der Waals surface area contributed by atoms with Crippen molar-refractivity contribution < 1.29 is 9.52 Å². The molecule has 1 N–H and O–H groups in total. The van der Waals surface area contributed by atoms with Crippen LogP contribution in [0, 0.1) is 0 Å². The molecule has 0 saturated carbocycles. The van der Waals surface area contributed by atoms with Crippen molar-refractivity contribution in [2.75, 3.05) is 0 Å². The fraction of sp³-hybridized carbons (Fsp3) is 0.167. The Morgan fingerprint density at radius 3 is 2.93 bits per heavy atom. The SMILES string of the molecule is OCc1ccc(C2=CC=CC=CC2)o1. The number of hydrogen-bond donors (Lipinski definition) is 1. The molecule has 0 amide bonds. The van der Waals surface area contributed by atoms with Crippen LogP contribution in [0.3, 0.4) is 0 Å². The first-order valence-corrected chi connectivity index (χ1v) is 4.62. The van der Waals surface area contributed by atoms with E-state index in [-0.39, 0.29) is 6.61 Å². The molecule has 0 bridgehead atoms. The van der Waals surface area contributed by atoms with Crippen LogP contribution in [0.2, 0.25) is 0 Å². The minimum Gasteiger partial charge on any atom is -0.459 e. The van der Waals surface area contributed by atoms with Crippen molar-refractivity contribution in [2.45, 2.75) is 13.0 Å². The van der Waals surface area contributed by atoms with Crippen LogP contribution in [0.5, 0.6) is 0 Å². The van der Waals surface area contributed by atoms with Crippen LogP contribution in [0.25, 0.3) is 5.57 Å². The summed E-state index contributed by atoms with van der Waals surface area (Å²) < 4.78 is 5.44. The Kier molecular flexibility index (Phi) is 2.65. The maximum Gasteiger partial charge on any atom is 0.130 e. The average molecular weight is 188 g/mol. The minimum atomic E-state index is -0.0427. The van der Waals surface area contributed by atoms with Crippen molar-refractivity contribution >= 4 is 5.57 Å². The van der Waals surface area contributed by atoms with Crippen LogP contribution in [-0.4, -0.2) is 5.11 Å². The molecule has 2 rings (SSSR count). The second-order valence-corrected chi connectivity index (χ2v) is 3.13. The molecule has 1 aliphatic carbocycles. The van der Waals surface area contributed by atoms with Crippen LogP contribution < -0.4 is 0 Å². The zero-order chi connectivity index (χ0) is 9.80. The van der Waals surface area contributed by atoms with Gasteiger partial charge in [0, 0.05) is 0 Å². The summed E-state index contributed by atoms with van der Waals surface area (Å²) in [5.74, 6) is 1.45. The van der Waals surface area contributed by atoms with Gasteiger partial charge in [-0.25, -0.2) is 0 Å². The van der Waals surface area contributed by atoms with Gasteiger partial charge in [-0.3, -0.25) is 0 Å². The second kappa shape index (κ2) is 4.11. The van der Waals surface area contributed by atoms with Crippen LogP contribution >= 0.6 is 0 Å². The Hall–Kier alpha value is -1.54. The van der Waals surface area contributed by atoms with Crippen LogP contribution in [0.4, 0.5) is 0 Å². The maximum absolute atomic E-state index is 8.86. The van der Waals surface area contributed by atoms with E-state index < -0.39 is 0 Å². The van der Waals surface area contributed by atoms with Crippen molar-refractivity contribution in [1.82, 2.24) is 0 Å². The van der Waals surface area contributed by atoms with E-state index in [2.05, 4.69) is 6.08 Å². The molecule has 0 fully saturated rings. The number of aliphatic hydroxyl groups is 1. The highest BCUT2D eigenvalue weighted by molar-refractivity contribution is 5.65. The summed E-state index contributed by atoms with van der Waals surface area (Å²) in [7, 11) is 0. The summed E-state index contributed by atoms with van der Waals surface area (Å²) in [6.45, 7) is -0.0427. The third kappa shape index (κ3) is 1.86. The molecular formula is C12H12O2. The lowest BCUT2D eigenvalue weighted by Crippen LogP contribution is -1.79. The zero-order valence-electron chi connectivity index (χ0n) is 7.81. The van der Waals surface area contributed by atoms with Gasteiger partial charge in [0.15, 0.2) is 0 Å². The lowest BCUT2D eigenvalue weighted by molar-refractivity contribution is 0.246. The zero-order valence-corrected chi connectivity index (χ0v) is 7.81. The lowest BCUT2D eigenvalue weighted by Gasteiger charge is -1.98. The molecule has 0 aliphatic heterocycles. The summed E-state index contributed by atoms with van der Waals surface area (Å²) in [6.07, 6.45) is 11.0. The largest absolute Gasteiger partial charge is 0.459 e. The van der Waals surface area contributed by atoms with Crippen molar-refractivity contribution in [1.29, 1.82) is 0 Å². The lowest BCUT2D eigenvalue weighted by atomic mass is 10.1. The molecule has 0 radical (unpaired) electrons. The van der Waals surface area contributed by atoms with Gasteiger partial charge in [0.1, 0.15) is 18.1 Å². The highest BCUT2D eigenvalue weighted by Crippen LogP contribution is 2.22. The minimum absolute atomic E-state index is 0.0427. The van der Waals surface area contributed by atoms with E-state index in [0.717, 1.165) is 17.8 Å². The number of furan rings is 1. The van der Waals surface area contributed by atoms with Gasteiger partial charge in [0.05, 0.1) is 0 Å². The van der Waals surface area contributed by atoms with Crippen molar-refractivity contribution in [3.8, 4) is 0 Å². The standard InChI is InChI=1S/C12H12O2/c13-9-11-7-8-12(14-11)10-5-3-1-2-4-6-10/h1-5,7-8,13H,6,9H2. The predicted molar refractivity (Wildman–Crippen MR) is 55.5 cm³/mol. The van der Waals surface area contributed by atoms with Crippen LogP contribution in [0.1, 0.15) is 17.9 Å². The normalized spacial score (nSPS) is 15.4. The first-order valence-electron chi connectivity index (χ1n) is 4.62. The molecule has 1 aliphatic rings. The molecule has 0 unspecified atom stereocenters. The van der Waals surface area contributed by atoms with Gasteiger partial charge >= 0.3 is 0 Å². The van der Waals surface area contributed by atoms with Crippen LogP contribution in [-0.2, 0) is 6.61 Å². The first kappa shape index (κ1) is 9.03. The van der Waals surface area contributed by atoms with Gasteiger partial charge in [0.2, 0.25) is 0 Å². The smallest absolute Gasteiger partial charge is 0.130 e. The van der Waals surface area contributed by atoms with Gasteiger partial charge in [-0.05, 0) is 24.1 Å². The molecule has 2 nitrogen and oxygen atoms in total. The molecule has 0 atom stereocenters. The summed E-state index contributed by atoms with van der Waals surface area (Å²) in [5.41, 5.74) is 1.13. The summed E-state index contributed by atoms with van der Waals surface area (Å²) in [4.78, 5) is 0. The highest BCUT2D eigenvalue weighted by Gasteiger charge is 2.05. The molecule has 0 aromatic carbocycles. The number of rotatable bonds is 2. The second-order valence-electron chi connectivity index (χ2n) is 3.13. The van der Waals surface area contributed by atoms with E-state index >= 15 is 0 Å². The molecule has 72 valence electrons. The van der Waals surface area contributed by atoms with E-state index in [0.29, 0.717) is 5.76 Å². The monoisotopic (exact) mass is 188 g/mol. The number of hydrogen-bond acceptors (Lipinski definition) is 2. The third-order valence-corrected chi connectivity index (χ3v) is 2.13. The number of aliphatic hydroxyl groups excluding tert-OH is 1. The van der Waals surface area contributed by atoms with Gasteiger partial charge in [-0.1, -0.05) is 30.4 Å². The van der Waals surface area contributed by atoms with E-state index in [1.54, 1.807) is 6.07 Å². The molecule has 1 heterocycles.